The highest BCUT2D eigenvalue weighted by molar-refractivity contribution is 5.95. The maximum absolute atomic E-state index is 12.8. The number of benzene rings is 1. The first-order valence-electron chi connectivity index (χ1n) is 7.29. The minimum atomic E-state index is -0.00930. The van der Waals surface area contributed by atoms with E-state index in [9.17, 15) is 4.79 Å². The Hall–Kier alpha value is -1.55. The fourth-order valence-corrected chi connectivity index (χ4v) is 3.87. The number of nitrogens with two attached hydrogens (primary N) is 1. The SMILES string of the molecule is COc1cccc(N(C)C(=O)C2C3CCC(C3)C2N)c1. The molecule has 1 aromatic carbocycles. The second-order valence-electron chi connectivity index (χ2n) is 6.04. The number of hydrogen-bond acceptors (Lipinski definition) is 3. The number of amides is 1. The van der Waals surface area contributed by atoms with Gasteiger partial charge >= 0.3 is 0 Å². The molecule has 3 rings (SSSR count). The number of ether oxygens (including phenoxy) is 1. The minimum Gasteiger partial charge on any atom is -0.497 e. The normalized spacial score (nSPS) is 31.4. The van der Waals surface area contributed by atoms with Gasteiger partial charge in [-0.25, -0.2) is 0 Å². The van der Waals surface area contributed by atoms with Gasteiger partial charge in [-0.2, -0.15) is 0 Å². The summed E-state index contributed by atoms with van der Waals surface area (Å²) < 4.78 is 5.22. The lowest BCUT2D eigenvalue weighted by atomic mass is 9.84. The van der Waals surface area contributed by atoms with Crippen LogP contribution in [0.4, 0.5) is 5.69 Å². The molecule has 2 N–H and O–H groups in total. The summed E-state index contributed by atoms with van der Waals surface area (Å²) in [5, 5.41) is 0. The first kappa shape index (κ1) is 13.4. The van der Waals surface area contributed by atoms with Crippen LogP contribution in [0.15, 0.2) is 24.3 Å². The van der Waals surface area contributed by atoms with E-state index in [2.05, 4.69) is 0 Å². The van der Waals surface area contributed by atoms with Gasteiger partial charge in [0.05, 0.1) is 13.0 Å². The number of nitrogens with zero attached hydrogens (tertiary/aromatic N) is 1. The lowest BCUT2D eigenvalue weighted by molar-refractivity contribution is -0.124. The summed E-state index contributed by atoms with van der Waals surface area (Å²) in [4.78, 5) is 14.5. The van der Waals surface area contributed by atoms with Crippen molar-refractivity contribution in [2.45, 2.75) is 25.3 Å². The fourth-order valence-electron chi connectivity index (χ4n) is 3.87. The minimum absolute atomic E-state index is 0.00930. The maximum atomic E-state index is 12.8. The van der Waals surface area contributed by atoms with Crippen molar-refractivity contribution in [3.8, 4) is 5.75 Å². The van der Waals surface area contributed by atoms with Crippen LogP contribution in [-0.2, 0) is 4.79 Å². The Morgan fingerprint density at radius 1 is 1.35 bits per heavy atom. The fraction of sp³-hybridized carbons (Fsp3) is 0.562. The predicted octanol–water partition coefficient (Wildman–Crippen LogP) is 2.03. The molecule has 0 aliphatic heterocycles. The third-order valence-electron chi connectivity index (χ3n) is 5.04. The molecule has 4 atom stereocenters. The molecular weight excluding hydrogens is 252 g/mol. The Balaban J connectivity index is 1.79. The van der Waals surface area contributed by atoms with Crippen molar-refractivity contribution in [2.75, 3.05) is 19.1 Å². The van der Waals surface area contributed by atoms with Gasteiger partial charge in [0, 0.05) is 24.8 Å². The highest BCUT2D eigenvalue weighted by Crippen LogP contribution is 2.48. The van der Waals surface area contributed by atoms with E-state index in [4.69, 9.17) is 10.5 Å². The maximum Gasteiger partial charge on any atom is 0.231 e. The van der Waals surface area contributed by atoms with Crippen molar-refractivity contribution in [3.63, 3.8) is 0 Å². The molecule has 20 heavy (non-hydrogen) atoms. The third-order valence-corrected chi connectivity index (χ3v) is 5.04. The zero-order valence-corrected chi connectivity index (χ0v) is 12.1. The molecule has 0 radical (unpaired) electrons. The quantitative estimate of drug-likeness (QED) is 0.917. The lowest BCUT2D eigenvalue weighted by Gasteiger charge is -2.31. The Morgan fingerprint density at radius 3 is 2.75 bits per heavy atom. The van der Waals surface area contributed by atoms with Gasteiger partial charge in [-0.3, -0.25) is 4.79 Å². The van der Waals surface area contributed by atoms with E-state index in [1.165, 1.54) is 6.42 Å². The van der Waals surface area contributed by atoms with Crippen molar-refractivity contribution in [2.24, 2.45) is 23.5 Å². The van der Waals surface area contributed by atoms with E-state index in [1.807, 2.05) is 31.3 Å². The Morgan fingerprint density at radius 2 is 2.10 bits per heavy atom. The van der Waals surface area contributed by atoms with Gasteiger partial charge < -0.3 is 15.4 Å². The van der Waals surface area contributed by atoms with Crippen LogP contribution in [0.2, 0.25) is 0 Å². The molecule has 4 heteroatoms. The average Bonchev–Trinajstić information content (AvgIpc) is 3.06. The Labute approximate surface area is 119 Å². The molecular formula is C16H22N2O2. The van der Waals surface area contributed by atoms with E-state index in [0.29, 0.717) is 11.8 Å². The summed E-state index contributed by atoms with van der Waals surface area (Å²) >= 11 is 0. The van der Waals surface area contributed by atoms with Crippen LogP contribution in [0.25, 0.3) is 0 Å². The van der Waals surface area contributed by atoms with Crippen molar-refractivity contribution in [3.05, 3.63) is 24.3 Å². The number of hydrogen-bond donors (Lipinski definition) is 1. The summed E-state index contributed by atoms with van der Waals surface area (Å²) in [6.07, 6.45) is 3.47. The Kier molecular flexibility index (Phi) is 3.42. The molecule has 1 amide bonds. The van der Waals surface area contributed by atoms with E-state index < -0.39 is 0 Å². The summed E-state index contributed by atoms with van der Waals surface area (Å²) in [6.45, 7) is 0. The van der Waals surface area contributed by atoms with Crippen LogP contribution in [0, 0.1) is 17.8 Å². The molecule has 2 fully saturated rings. The molecule has 2 aliphatic rings. The standard InChI is InChI=1S/C16H22N2O2/c1-18(12-4-3-5-13(9-12)20-2)16(19)14-10-6-7-11(8-10)15(14)17/h3-5,9-11,14-15H,6-8,17H2,1-2H3. The molecule has 0 spiro atoms. The molecule has 2 bridgehead atoms. The van der Waals surface area contributed by atoms with Crippen LogP contribution in [-0.4, -0.2) is 26.1 Å². The largest absolute Gasteiger partial charge is 0.497 e. The monoisotopic (exact) mass is 274 g/mol. The lowest BCUT2D eigenvalue weighted by Crippen LogP contribution is -2.46. The zero-order valence-electron chi connectivity index (χ0n) is 12.1. The van der Waals surface area contributed by atoms with Crippen LogP contribution < -0.4 is 15.4 Å². The van der Waals surface area contributed by atoms with Crippen molar-refractivity contribution >= 4 is 11.6 Å². The van der Waals surface area contributed by atoms with Gasteiger partial charge in [0.1, 0.15) is 5.75 Å². The van der Waals surface area contributed by atoms with Gasteiger partial charge in [0.15, 0.2) is 0 Å². The number of rotatable bonds is 3. The van der Waals surface area contributed by atoms with E-state index in [-0.39, 0.29) is 17.9 Å². The smallest absolute Gasteiger partial charge is 0.231 e. The van der Waals surface area contributed by atoms with E-state index >= 15 is 0 Å². The average molecular weight is 274 g/mol. The van der Waals surface area contributed by atoms with E-state index in [1.54, 1.807) is 12.0 Å². The summed E-state index contributed by atoms with van der Waals surface area (Å²) in [6, 6.07) is 7.63. The number of fused-ring (bicyclic) bond motifs is 2. The number of methoxy groups -OCH3 is 1. The molecule has 0 heterocycles. The molecule has 0 saturated heterocycles. The number of carbonyl (C=O) groups excluding carboxylic acids is 1. The second-order valence-corrected chi connectivity index (χ2v) is 6.04. The highest BCUT2D eigenvalue weighted by Gasteiger charge is 2.49. The molecule has 4 unspecified atom stereocenters. The first-order chi connectivity index (χ1) is 9.61. The van der Waals surface area contributed by atoms with Gasteiger partial charge in [-0.1, -0.05) is 6.07 Å². The van der Waals surface area contributed by atoms with Crippen LogP contribution in [0.5, 0.6) is 5.75 Å². The predicted molar refractivity (Wildman–Crippen MR) is 78.7 cm³/mol. The van der Waals surface area contributed by atoms with Crippen LogP contribution >= 0.6 is 0 Å². The van der Waals surface area contributed by atoms with Crippen molar-refractivity contribution in [1.82, 2.24) is 0 Å². The summed E-state index contributed by atoms with van der Waals surface area (Å²) in [7, 11) is 3.46. The van der Waals surface area contributed by atoms with Crippen LogP contribution in [0.1, 0.15) is 19.3 Å². The van der Waals surface area contributed by atoms with Crippen molar-refractivity contribution < 1.29 is 9.53 Å². The summed E-state index contributed by atoms with van der Waals surface area (Å²) in [5.41, 5.74) is 7.13. The number of anilines is 1. The molecule has 2 aliphatic carbocycles. The zero-order chi connectivity index (χ0) is 14.3. The van der Waals surface area contributed by atoms with Gasteiger partial charge in [-0.05, 0) is 43.2 Å². The van der Waals surface area contributed by atoms with Crippen LogP contribution in [0.3, 0.4) is 0 Å². The molecule has 0 aromatic heterocycles. The Bertz CT molecular complexity index is 515. The first-order valence-corrected chi connectivity index (χ1v) is 7.29. The molecule has 4 nitrogen and oxygen atoms in total. The summed E-state index contributed by atoms with van der Waals surface area (Å²) in [5.74, 6) is 1.94. The van der Waals surface area contributed by atoms with Crippen molar-refractivity contribution in [1.29, 1.82) is 0 Å². The molecule has 2 saturated carbocycles. The second kappa shape index (κ2) is 5.09. The molecule has 108 valence electrons. The van der Waals surface area contributed by atoms with Gasteiger partial charge in [0.2, 0.25) is 5.91 Å². The van der Waals surface area contributed by atoms with Gasteiger partial charge in [0.25, 0.3) is 0 Å². The van der Waals surface area contributed by atoms with Gasteiger partial charge in [-0.15, -0.1) is 0 Å². The third kappa shape index (κ3) is 2.08. The topological polar surface area (TPSA) is 55.6 Å². The molecule has 1 aromatic rings. The number of carbonyl (C=O) groups is 1. The highest BCUT2D eigenvalue weighted by atomic mass is 16.5. The van der Waals surface area contributed by atoms with E-state index in [0.717, 1.165) is 24.3 Å².